The van der Waals surface area contributed by atoms with Crippen LogP contribution >= 0.6 is 0 Å². The third kappa shape index (κ3) is 5.08. The van der Waals surface area contributed by atoms with Crippen molar-refractivity contribution in [2.75, 3.05) is 13.1 Å². The van der Waals surface area contributed by atoms with Gasteiger partial charge in [-0.1, -0.05) is 38.1 Å². The molecule has 0 aromatic heterocycles. The number of amides is 1. The lowest BCUT2D eigenvalue weighted by molar-refractivity contribution is 0.131. The Morgan fingerprint density at radius 3 is 2.16 bits per heavy atom. The van der Waals surface area contributed by atoms with Crippen LogP contribution in [0.5, 0.6) is 0 Å². The lowest BCUT2D eigenvalue weighted by atomic mass is 10.0. The zero-order valence-corrected chi connectivity index (χ0v) is 19.0. The van der Waals surface area contributed by atoms with E-state index in [0.29, 0.717) is 18.4 Å². The molecule has 0 bridgehead atoms. The second-order valence-electron chi connectivity index (χ2n) is 7.84. The Labute approximate surface area is 182 Å². The van der Waals surface area contributed by atoms with Gasteiger partial charge in [0.2, 0.25) is 19.9 Å². The van der Waals surface area contributed by atoms with Crippen LogP contribution in [0.15, 0.2) is 63.2 Å². The first-order chi connectivity index (χ1) is 14.5. The maximum absolute atomic E-state index is 13.2. The highest BCUT2D eigenvalue weighted by atomic mass is 32.2. The number of sulfonamides is 1. The fourth-order valence-electron chi connectivity index (χ4n) is 3.60. The molecule has 1 aliphatic heterocycles. The number of nitrogens with zero attached hydrogens (tertiary/aromatic N) is 1. The van der Waals surface area contributed by atoms with Crippen molar-refractivity contribution in [3.05, 3.63) is 54.1 Å². The molecule has 1 saturated heterocycles. The molecule has 1 heterocycles. The summed E-state index contributed by atoms with van der Waals surface area (Å²) in [5.41, 5.74) is 0.516. The summed E-state index contributed by atoms with van der Waals surface area (Å²) in [5, 5.41) is 9.06. The van der Waals surface area contributed by atoms with Crippen LogP contribution in [0.25, 0.3) is 0 Å². The van der Waals surface area contributed by atoms with E-state index in [9.17, 15) is 21.6 Å². The molecule has 1 amide bonds. The Balaban J connectivity index is 1.95. The van der Waals surface area contributed by atoms with E-state index in [1.165, 1.54) is 29.2 Å². The van der Waals surface area contributed by atoms with Crippen LogP contribution in [0.2, 0.25) is 0 Å². The van der Waals surface area contributed by atoms with Gasteiger partial charge in [0.1, 0.15) is 0 Å². The molecular weight excluding hydrogens is 440 g/mol. The monoisotopic (exact) mass is 466 g/mol. The van der Waals surface area contributed by atoms with E-state index in [-0.39, 0.29) is 33.7 Å². The molecule has 3 rings (SSSR count). The van der Waals surface area contributed by atoms with Gasteiger partial charge in [-0.3, -0.25) is 0 Å². The average Bonchev–Trinajstić information content (AvgIpc) is 2.74. The predicted octanol–water partition coefficient (Wildman–Crippen LogP) is 3.06. The van der Waals surface area contributed by atoms with Crippen molar-refractivity contribution in [1.29, 1.82) is 0 Å². The largest absolute Gasteiger partial charge is 0.465 e. The number of hydrogen-bond acceptors (Lipinski definition) is 5. The van der Waals surface area contributed by atoms with Gasteiger partial charge in [0.25, 0.3) is 0 Å². The van der Waals surface area contributed by atoms with Crippen molar-refractivity contribution < 1.29 is 26.7 Å². The molecule has 10 heteroatoms. The second-order valence-corrected chi connectivity index (χ2v) is 11.5. The van der Waals surface area contributed by atoms with Crippen molar-refractivity contribution in [1.82, 2.24) is 9.62 Å². The van der Waals surface area contributed by atoms with Crippen LogP contribution in [0.1, 0.15) is 38.2 Å². The van der Waals surface area contributed by atoms with Gasteiger partial charge in [-0.15, -0.1) is 0 Å². The first-order valence-electron chi connectivity index (χ1n) is 9.96. The van der Waals surface area contributed by atoms with Crippen molar-refractivity contribution in [3.63, 3.8) is 0 Å². The molecular formula is C21H26N2O6S2. The first-order valence-corrected chi connectivity index (χ1v) is 12.9. The van der Waals surface area contributed by atoms with Crippen molar-refractivity contribution in [3.8, 4) is 0 Å². The first kappa shape index (κ1) is 23.2. The molecule has 0 unspecified atom stereocenters. The van der Waals surface area contributed by atoms with E-state index in [2.05, 4.69) is 4.72 Å². The Hall–Kier alpha value is -2.43. The number of sulfone groups is 1. The molecule has 1 fully saturated rings. The number of carboxylic acid groups (broad SMARTS) is 1. The highest BCUT2D eigenvalue weighted by molar-refractivity contribution is 7.91. The van der Waals surface area contributed by atoms with Gasteiger partial charge in [-0.05, 0) is 48.6 Å². The van der Waals surface area contributed by atoms with E-state index in [4.69, 9.17) is 5.11 Å². The van der Waals surface area contributed by atoms with E-state index in [1.54, 1.807) is 24.3 Å². The summed E-state index contributed by atoms with van der Waals surface area (Å²) in [6, 6.07) is 11.6. The number of rotatable bonds is 6. The molecule has 8 nitrogen and oxygen atoms in total. The Bertz CT molecular complexity index is 1150. The summed E-state index contributed by atoms with van der Waals surface area (Å²) in [5.74, 6) is -0.145. The van der Waals surface area contributed by atoms with Crippen molar-refractivity contribution >= 4 is 26.0 Å². The van der Waals surface area contributed by atoms with Gasteiger partial charge in [0.05, 0.1) is 14.7 Å². The molecule has 0 aliphatic carbocycles. The smallest absolute Gasteiger partial charge is 0.407 e. The Morgan fingerprint density at radius 1 is 1.00 bits per heavy atom. The van der Waals surface area contributed by atoms with E-state index >= 15 is 0 Å². The van der Waals surface area contributed by atoms with Gasteiger partial charge >= 0.3 is 6.09 Å². The average molecular weight is 467 g/mol. The highest BCUT2D eigenvalue weighted by Gasteiger charge is 2.30. The summed E-state index contributed by atoms with van der Waals surface area (Å²) in [4.78, 5) is 12.2. The minimum atomic E-state index is -4.02. The third-order valence-corrected chi connectivity index (χ3v) is 8.69. The lowest BCUT2D eigenvalue weighted by Gasteiger charge is -2.30. The minimum Gasteiger partial charge on any atom is -0.465 e. The molecule has 0 spiro atoms. The third-order valence-electron chi connectivity index (χ3n) is 5.35. The molecule has 2 N–H and O–H groups in total. The van der Waals surface area contributed by atoms with Crippen LogP contribution in [-0.4, -0.2) is 52.1 Å². The standard InChI is InChI=1S/C21H26N2O6S2/c1-15(2)19-9-8-18(30(26,27)17-6-4-3-5-7-17)14-20(19)31(28,29)22-16-10-12-23(13-11-16)21(24)25/h3-9,14-16,22H,10-13H2,1-2H3,(H,24,25). The summed E-state index contributed by atoms with van der Waals surface area (Å²) in [6.07, 6.45) is -0.322. The second kappa shape index (κ2) is 8.97. The molecule has 2 aromatic rings. The summed E-state index contributed by atoms with van der Waals surface area (Å²) >= 11 is 0. The fraction of sp³-hybridized carbons (Fsp3) is 0.381. The maximum Gasteiger partial charge on any atom is 0.407 e. The number of likely N-dealkylation sites (tertiary alicyclic amines) is 1. The molecule has 2 aromatic carbocycles. The zero-order valence-electron chi connectivity index (χ0n) is 17.4. The molecule has 31 heavy (non-hydrogen) atoms. The van der Waals surface area contributed by atoms with Gasteiger partial charge in [0.15, 0.2) is 0 Å². The number of benzene rings is 2. The Morgan fingerprint density at radius 2 is 1.61 bits per heavy atom. The number of hydrogen-bond donors (Lipinski definition) is 2. The quantitative estimate of drug-likeness (QED) is 0.675. The van der Waals surface area contributed by atoms with Crippen LogP contribution in [0, 0.1) is 0 Å². The summed E-state index contributed by atoms with van der Waals surface area (Å²) in [6.45, 7) is 4.15. The normalized spacial score (nSPS) is 15.9. The van der Waals surface area contributed by atoms with Crippen LogP contribution in [0.4, 0.5) is 4.79 Å². The minimum absolute atomic E-state index is 0.0693. The van der Waals surface area contributed by atoms with Crippen LogP contribution < -0.4 is 4.72 Å². The van der Waals surface area contributed by atoms with E-state index in [0.717, 1.165) is 0 Å². The molecule has 0 radical (unpaired) electrons. The number of carbonyl (C=O) groups is 1. The van der Waals surface area contributed by atoms with Gasteiger partial charge in [-0.2, -0.15) is 0 Å². The molecule has 0 atom stereocenters. The van der Waals surface area contributed by atoms with Gasteiger partial charge in [-0.25, -0.2) is 26.4 Å². The van der Waals surface area contributed by atoms with Crippen molar-refractivity contribution in [2.45, 2.75) is 53.3 Å². The van der Waals surface area contributed by atoms with Gasteiger partial charge < -0.3 is 10.0 Å². The Kier molecular flexibility index (Phi) is 6.73. The molecule has 0 saturated carbocycles. The van der Waals surface area contributed by atoms with Crippen LogP contribution in [0.3, 0.4) is 0 Å². The molecule has 1 aliphatic rings. The summed E-state index contributed by atoms with van der Waals surface area (Å²) in [7, 11) is -7.90. The topological polar surface area (TPSA) is 121 Å². The predicted molar refractivity (Wildman–Crippen MR) is 115 cm³/mol. The zero-order chi connectivity index (χ0) is 22.8. The van der Waals surface area contributed by atoms with Gasteiger partial charge in [0, 0.05) is 19.1 Å². The lowest BCUT2D eigenvalue weighted by Crippen LogP contribution is -2.46. The van der Waals surface area contributed by atoms with E-state index in [1.807, 2.05) is 13.8 Å². The van der Waals surface area contributed by atoms with Crippen LogP contribution in [-0.2, 0) is 19.9 Å². The summed E-state index contributed by atoms with van der Waals surface area (Å²) < 4.78 is 55.1. The SMILES string of the molecule is CC(C)c1ccc(S(=O)(=O)c2ccccc2)cc1S(=O)(=O)NC1CCN(C(=O)O)CC1. The fourth-order valence-corrected chi connectivity index (χ4v) is 6.68. The number of piperidine rings is 1. The van der Waals surface area contributed by atoms with E-state index < -0.39 is 32.0 Å². The maximum atomic E-state index is 13.2. The number of nitrogens with one attached hydrogen (secondary N) is 1. The highest BCUT2D eigenvalue weighted by Crippen LogP contribution is 2.30. The van der Waals surface area contributed by atoms with Crippen molar-refractivity contribution in [2.24, 2.45) is 0 Å². The molecule has 168 valence electrons.